The van der Waals surface area contributed by atoms with E-state index in [9.17, 15) is 12.8 Å². The lowest BCUT2D eigenvalue weighted by molar-refractivity contribution is 0.531. The molecule has 0 saturated carbocycles. The van der Waals surface area contributed by atoms with E-state index < -0.39 is 10.0 Å². The first kappa shape index (κ1) is 15.9. The molecule has 1 N–H and O–H groups in total. The van der Waals surface area contributed by atoms with E-state index in [1.807, 2.05) is 0 Å². The van der Waals surface area contributed by atoms with Crippen LogP contribution in [0.25, 0.3) is 0 Å². The van der Waals surface area contributed by atoms with Gasteiger partial charge in [-0.2, -0.15) is 5.10 Å². The van der Waals surface area contributed by atoms with Crippen molar-refractivity contribution >= 4 is 15.7 Å². The van der Waals surface area contributed by atoms with E-state index in [0.717, 1.165) is 25.2 Å². The third kappa shape index (κ3) is 3.53. The first-order valence-corrected chi connectivity index (χ1v) is 8.92. The van der Waals surface area contributed by atoms with Gasteiger partial charge in [-0.1, -0.05) is 0 Å². The topological polar surface area (TPSA) is 67.2 Å². The van der Waals surface area contributed by atoms with E-state index in [-0.39, 0.29) is 16.8 Å². The summed E-state index contributed by atoms with van der Waals surface area (Å²) in [6, 6.07) is 7.85. The van der Waals surface area contributed by atoms with Gasteiger partial charge in [-0.25, -0.2) is 17.5 Å². The molecule has 1 saturated heterocycles. The highest BCUT2D eigenvalue weighted by molar-refractivity contribution is 7.89. The van der Waals surface area contributed by atoms with Gasteiger partial charge in [0, 0.05) is 32.4 Å². The van der Waals surface area contributed by atoms with Crippen LogP contribution in [0, 0.1) is 11.7 Å². The zero-order chi connectivity index (χ0) is 16.4. The molecule has 1 aliphatic heterocycles. The van der Waals surface area contributed by atoms with Gasteiger partial charge in [0.25, 0.3) is 10.0 Å². The summed E-state index contributed by atoms with van der Waals surface area (Å²) in [4.78, 5) is 2.14. The number of aryl methyl sites for hydroxylation is 1. The molecule has 2 heterocycles. The number of hydrogen-bond acceptors (Lipinski definition) is 4. The Balaban J connectivity index is 1.58. The molecule has 1 aromatic carbocycles. The molecule has 3 rings (SSSR count). The minimum atomic E-state index is -3.54. The van der Waals surface area contributed by atoms with Gasteiger partial charge >= 0.3 is 0 Å². The number of halogens is 1. The maximum atomic E-state index is 13.0. The summed E-state index contributed by atoms with van der Waals surface area (Å²) in [6.45, 7) is 1.97. The average molecular weight is 338 g/mol. The second kappa shape index (κ2) is 6.29. The lowest BCUT2D eigenvalue weighted by atomic mass is 10.1. The Kier molecular flexibility index (Phi) is 4.36. The third-order valence-electron chi connectivity index (χ3n) is 4.09. The summed E-state index contributed by atoms with van der Waals surface area (Å²) in [5.74, 6) is -0.0310. The molecule has 1 atom stereocenters. The fourth-order valence-electron chi connectivity index (χ4n) is 2.81. The lowest BCUT2D eigenvalue weighted by Crippen LogP contribution is -2.32. The Morgan fingerprint density at radius 1 is 1.30 bits per heavy atom. The predicted molar refractivity (Wildman–Crippen MR) is 85.1 cm³/mol. The van der Waals surface area contributed by atoms with Gasteiger partial charge in [0.05, 0.1) is 6.20 Å². The zero-order valence-corrected chi connectivity index (χ0v) is 13.6. The molecule has 1 fully saturated rings. The molecule has 6 nitrogen and oxygen atoms in total. The zero-order valence-electron chi connectivity index (χ0n) is 12.8. The second-order valence-electron chi connectivity index (χ2n) is 5.72. The highest BCUT2D eigenvalue weighted by Crippen LogP contribution is 2.24. The van der Waals surface area contributed by atoms with Crippen molar-refractivity contribution in [3.05, 3.63) is 42.3 Å². The van der Waals surface area contributed by atoms with Crippen LogP contribution in [0.15, 0.2) is 41.6 Å². The van der Waals surface area contributed by atoms with Crippen LogP contribution in [-0.4, -0.2) is 37.8 Å². The summed E-state index contributed by atoms with van der Waals surface area (Å²) in [5, 5.41) is 4.04. The van der Waals surface area contributed by atoms with Gasteiger partial charge in [0.15, 0.2) is 5.03 Å². The maximum Gasteiger partial charge on any atom is 0.257 e. The molecule has 1 aliphatic rings. The van der Waals surface area contributed by atoms with Crippen molar-refractivity contribution in [1.82, 2.24) is 14.5 Å². The van der Waals surface area contributed by atoms with Gasteiger partial charge in [-0.15, -0.1) is 0 Å². The molecular formula is C15H19FN4O2S. The highest BCUT2D eigenvalue weighted by atomic mass is 32.2. The van der Waals surface area contributed by atoms with Gasteiger partial charge in [-0.05, 0) is 42.7 Å². The summed E-state index contributed by atoms with van der Waals surface area (Å²) in [7, 11) is -1.94. The van der Waals surface area contributed by atoms with Crippen LogP contribution in [0.4, 0.5) is 10.1 Å². The number of hydrogen-bond donors (Lipinski definition) is 1. The Morgan fingerprint density at radius 2 is 2.04 bits per heavy atom. The monoisotopic (exact) mass is 338 g/mol. The summed E-state index contributed by atoms with van der Waals surface area (Å²) < 4.78 is 41.4. The SMILES string of the molecule is Cn1nccc1S(=O)(=O)NCC1CCN(c2ccc(F)cc2)C1. The number of benzene rings is 1. The molecule has 0 aliphatic carbocycles. The largest absolute Gasteiger partial charge is 0.371 e. The first-order chi connectivity index (χ1) is 11.0. The molecule has 2 aromatic rings. The molecule has 1 unspecified atom stereocenters. The molecule has 0 amide bonds. The number of nitrogens with one attached hydrogen (secondary N) is 1. The highest BCUT2D eigenvalue weighted by Gasteiger charge is 2.25. The van der Waals surface area contributed by atoms with Crippen LogP contribution < -0.4 is 9.62 Å². The average Bonchev–Trinajstić information content (AvgIpc) is 3.15. The van der Waals surface area contributed by atoms with Crippen molar-refractivity contribution < 1.29 is 12.8 Å². The van der Waals surface area contributed by atoms with Crippen molar-refractivity contribution in [1.29, 1.82) is 0 Å². The van der Waals surface area contributed by atoms with Crippen molar-refractivity contribution in [3.8, 4) is 0 Å². The maximum absolute atomic E-state index is 13.0. The molecule has 0 radical (unpaired) electrons. The number of anilines is 1. The van der Waals surface area contributed by atoms with E-state index in [4.69, 9.17) is 0 Å². The molecule has 0 bridgehead atoms. The summed E-state index contributed by atoms with van der Waals surface area (Å²) in [5.41, 5.74) is 0.961. The van der Waals surface area contributed by atoms with Crippen LogP contribution in [0.2, 0.25) is 0 Å². The fourth-order valence-corrected chi connectivity index (χ4v) is 4.05. The van der Waals surface area contributed by atoms with Crippen molar-refractivity contribution in [3.63, 3.8) is 0 Å². The normalized spacial score (nSPS) is 18.5. The molecule has 1 aromatic heterocycles. The van der Waals surface area contributed by atoms with E-state index in [2.05, 4.69) is 14.7 Å². The van der Waals surface area contributed by atoms with Gasteiger partial charge < -0.3 is 4.90 Å². The Morgan fingerprint density at radius 3 is 2.70 bits per heavy atom. The summed E-state index contributed by atoms with van der Waals surface area (Å²) in [6.07, 6.45) is 2.35. The van der Waals surface area contributed by atoms with E-state index >= 15 is 0 Å². The van der Waals surface area contributed by atoms with Gasteiger partial charge in [0.1, 0.15) is 5.82 Å². The second-order valence-corrected chi connectivity index (χ2v) is 7.44. The smallest absolute Gasteiger partial charge is 0.257 e. The molecular weight excluding hydrogens is 319 g/mol. The standard InChI is InChI=1S/C15H19FN4O2S/c1-19-15(6-8-17-19)23(21,22)18-10-12-7-9-20(11-12)14-4-2-13(16)3-5-14/h2-6,8,12,18H,7,9-11H2,1H3. The predicted octanol–water partition coefficient (Wildman–Crippen LogP) is 1.36. The Bertz CT molecular complexity index is 773. The third-order valence-corrected chi connectivity index (χ3v) is 5.59. The van der Waals surface area contributed by atoms with E-state index in [1.54, 1.807) is 19.2 Å². The van der Waals surface area contributed by atoms with Crippen molar-refractivity contribution in [2.45, 2.75) is 11.4 Å². The molecule has 23 heavy (non-hydrogen) atoms. The number of nitrogens with zero attached hydrogens (tertiary/aromatic N) is 3. The fraction of sp³-hybridized carbons (Fsp3) is 0.400. The summed E-state index contributed by atoms with van der Waals surface area (Å²) >= 11 is 0. The molecule has 8 heteroatoms. The van der Waals surface area contributed by atoms with E-state index in [0.29, 0.717) is 6.54 Å². The van der Waals surface area contributed by atoms with Crippen LogP contribution in [0.1, 0.15) is 6.42 Å². The first-order valence-electron chi connectivity index (χ1n) is 7.44. The number of rotatable bonds is 5. The van der Waals surface area contributed by atoms with Crippen molar-refractivity contribution in [2.75, 3.05) is 24.5 Å². The van der Waals surface area contributed by atoms with Crippen LogP contribution in [0.3, 0.4) is 0 Å². The minimum absolute atomic E-state index is 0.158. The Hall–Kier alpha value is -1.93. The van der Waals surface area contributed by atoms with E-state index in [1.165, 1.54) is 29.1 Å². The van der Waals surface area contributed by atoms with Crippen LogP contribution in [-0.2, 0) is 17.1 Å². The number of aromatic nitrogens is 2. The van der Waals surface area contributed by atoms with Gasteiger partial charge in [0.2, 0.25) is 0 Å². The van der Waals surface area contributed by atoms with Crippen LogP contribution in [0.5, 0.6) is 0 Å². The number of sulfonamides is 1. The minimum Gasteiger partial charge on any atom is -0.371 e. The van der Waals surface area contributed by atoms with Crippen molar-refractivity contribution in [2.24, 2.45) is 13.0 Å². The quantitative estimate of drug-likeness (QED) is 0.894. The van der Waals surface area contributed by atoms with Crippen LogP contribution >= 0.6 is 0 Å². The molecule has 124 valence electrons. The van der Waals surface area contributed by atoms with Gasteiger partial charge in [-0.3, -0.25) is 4.68 Å². The Labute approximate surface area is 135 Å². The molecule has 0 spiro atoms. The lowest BCUT2D eigenvalue weighted by Gasteiger charge is -2.18.